The third kappa shape index (κ3) is 5.64. The smallest absolute Gasteiger partial charge is 0.408 e. The lowest BCUT2D eigenvalue weighted by Gasteiger charge is -2.18. The van der Waals surface area contributed by atoms with Crippen molar-refractivity contribution in [3.8, 4) is 0 Å². The van der Waals surface area contributed by atoms with Gasteiger partial charge >= 0.3 is 12.1 Å². The van der Waals surface area contributed by atoms with Crippen LogP contribution in [0.2, 0.25) is 0 Å². The highest BCUT2D eigenvalue weighted by atomic mass is 16.6. The van der Waals surface area contributed by atoms with Crippen molar-refractivity contribution >= 4 is 12.1 Å². The van der Waals surface area contributed by atoms with Gasteiger partial charge < -0.3 is 14.8 Å². The lowest BCUT2D eigenvalue weighted by Crippen LogP contribution is -2.43. The van der Waals surface area contributed by atoms with Crippen LogP contribution in [-0.2, 0) is 27.3 Å². The monoisotopic (exact) mass is 341 g/mol. The number of carbonyl (C=O) groups excluding carboxylic acids is 2. The van der Waals surface area contributed by atoms with E-state index in [2.05, 4.69) is 5.32 Å². The Bertz CT molecular complexity index is 728. The Morgan fingerprint density at radius 2 is 1.80 bits per heavy atom. The number of rotatable bonds is 6. The van der Waals surface area contributed by atoms with E-state index in [1.807, 2.05) is 62.4 Å². The molecule has 1 amide bonds. The van der Waals surface area contributed by atoms with Gasteiger partial charge in [-0.05, 0) is 30.5 Å². The van der Waals surface area contributed by atoms with Crippen molar-refractivity contribution in [2.24, 2.45) is 0 Å². The molecule has 132 valence electrons. The molecule has 2 aromatic rings. The van der Waals surface area contributed by atoms with Crippen LogP contribution in [0.5, 0.6) is 0 Å². The molecule has 25 heavy (non-hydrogen) atoms. The van der Waals surface area contributed by atoms with Gasteiger partial charge in [0.15, 0.2) is 0 Å². The summed E-state index contributed by atoms with van der Waals surface area (Å²) >= 11 is 0. The molecule has 2 rings (SSSR count). The Kier molecular flexibility index (Phi) is 6.57. The quantitative estimate of drug-likeness (QED) is 0.819. The highest BCUT2D eigenvalue weighted by molar-refractivity contribution is 5.81. The minimum Gasteiger partial charge on any atom is -0.467 e. The van der Waals surface area contributed by atoms with E-state index in [4.69, 9.17) is 9.47 Å². The van der Waals surface area contributed by atoms with Gasteiger partial charge in [0, 0.05) is 6.42 Å². The highest BCUT2D eigenvalue weighted by Gasteiger charge is 2.23. The van der Waals surface area contributed by atoms with Gasteiger partial charge in [-0.15, -0.1) is 0 Å². The predicted octanol–water partition coefficient (Wildman–Crippen LogP) is 3.31. The van der Waals surface area contributed by atoms with Gasteiger partial charge in [-0.2, -0.15) is 0 Å². The predicted molar refractivity (Wildman–Crippen MR) is 95.2 cm³/mol. The van der Waals surface area contributed by atoms with E-state index < -0.39 is 18.1 Å². The van der Waals surface area contributed by atoms with Crippen LogP contribution in [0.25, 0.3) is 0 Å². The van der Waals surface area contributed by atoms with Crippen molar-refractivity contribution in [2.75, 3.05) is 7.11 Å². The van der Waals surface area contributed by atoms with E-state index in [0.29, 0.717) is 6.42 Å². The van der Waals surface area contributed by atoms with Gasteiger partial charge in [0.25, 0.3) is 0 Å². The summed E-state index contributed by atoms with van der Waals surface area (Å²) in [5, 5.41) is 2.59. The average Bonchev–Trinajstić information content (AvgIpc) is 2.61. The van der Waals surface area contributed by atoms with Crippen LogP contribution in [-0.4, -0.2) is 25.2 Å². The molecule has 0 saturated heterocycles. The van der Waals surface area contributed by atoms with Crippen molar-refractivity contribution in [1.29, 1.82) is 0 Å². The maximum Gasteiger partial charge on any atom is 0.408 e. The molecule has 0 saturated carbocycles. The van der Waals surface area contributed by atoms with E-state index in [1.165, 1.54) is 7.11 Å². The van der Waals surface area contributed by atoms with Crippen molar-refractivity contribution in [1.82, 2.24) is 5.32 Å². The van der Waals surface area contributed by atoms with E-state index in [1.54, 1.807) is 0 Å². The average molecular weight is 341 g/mol. The zero-order valence-electron chi connectivity index (χ0n) is 14.7. The number of alkyl carbamates (subject to hydrolysis) is 1. The van der Waals surface area contributed by atoms with Crippen LogP contribution in [0, 0.1) is 13.8 Å². The molecule has 0 heterocycles. The van der Waals surface area contributed by atoms with Crippen LogP contribution < -0.4 is 5.32 Å². The number of carbonyl (C=O) groups is 2. The molecule has 2 aromatic carbocycles. The largest absolute Gasteiger partial charge is 0.467 e. The number of hydrogen-bond donors (Lipinski definition) is 1. The molecule has 1 N–H and O–H groups in total. The first kappa shape index (κ1) is 18.5. The second-order valence-electron chi connectivity index (χ2n) is 5.92. The molecule has 0 aromatic heterocycles. The molecule has 5 nitrogen and oxygen atoms in total. The summed E-state index contributed by atoms with van der Waals surface area (Å²) in [4.78, 5) is 24.0. The fourth-order valence-electron chi connectivity index (χ4n) is 2.54. The van der Waals surface area contributed by atoms with Gasteiger partial charge in [-0.3, -0.25) is 0 Å². The number of esters is 1. The topological polar surface area (TPSA) is 64.6 Å². The first-order valence-corrected chi connectivity index (χ1v) is 8.10. The second-order valence-corrected chi connectivity index (χ2v) is 5.92. The second kappa shape index (κ2) is 8.87. The molecular weight excluding hydrogens is 318 g/mol. The minimum atomic E-state index is -0.797. The number of amides is 1. The number of hydrogen-bond acceptors (Lipinski definition) is 4. The van der Waals surface area contributed by atoms with Gasteiger partial charge in [0.2, 0.25) is 0 Å². The van der Waals surface area contributed by atoms with Gasteiger partial charge in [0.1, 0.15) is 12.6 Å². The van der Waals surface area contributed by atoms with Gasteiger partial charge in [-0.25, -0.2) is 9.59 Å². The van der Waals surface area contributed by atoms with E-state index >= 15 is 0 Å². The summed E-state index contributed by atoms with van der Waals surface area (Å²) in [5.41, 5.74) is 4.06. The van der Waals surface area contributed by atoms with E-state index in [-0.39, 0.29) is 6.61 Å². The molecule has 0 spiro atoms. The number of benzene rings is 2. The normalized spacial score (nSPS) is 11.5. The molecule has 0 aliphatic heterocycles. The molecule has 0 fully saturated rings. The van der Waals surface area contributed by atoms with Crippen LogP contribution in [0.1, 0.15) is 22.3 Å². The molecular formula is C20H23NO4. The summed E-state index contributed by atoms with van der Waals surface area (Å²) < 4.78 is 9.99. The summed E-state index contributed by atoms with van der Waals surface area (Å²) in [5.74, 6) is -0.503. The number of nitrogens with one attached hydrogen (secondary N) is 1. The van der Waals surface area contributed by atoms with Crippen molar-refractivity contribution < 1.29 is 19.1 Å². The first-order chi connectivity index (χ1) is 12.0. The van der Waals surface area contributed by atoms with Crippen LogP contribution >= 0.6 is 0 Å². The van der Waals surface area contributed by atoms with E-state index in [0.717, 1.165) is 22.3 Å². The zero-order valence-corrected chi connectivity index (χ0v) is 14.7. The number of aryl methyl sites for hydroxylation is 2. The lowest BCUT2D eigenvalue weighted by molar-refractivity contribution is -0.143. The van der Waals surface area contributed by atoms with Crippen LogP contribution in [0.4, 0.5) is 4.79 Å². The van der Waals surface area contributed by atoms with Gasteiger partial charge in [-0.1, -0.05) is 54.1 Å². The summed E-state index contributed by atoms with van der Waals surface area (Å²) in [6, 6.07) is 14.5. The van der Waals surface area contributed by atoms with Crippen molar-refractivity contribution in [3.63, 3.8) is 0 Å². The molecule has 1 atom stereocenters. The molecule has 5 heteroatoms. The molecule has 0 aliphatic carbocycles. The Morgan fingerprint density at radius 3 is 2.44 bits per heavy atom. The fraction of sp³-hybridized carbons (Fsp3) is 0.300. The van der Waals surface area contributed by atoms with Crippen LogP contribution in [0.15, 0.2) is 48.5 Å². The SMILES string of the molecule is COC(=O)C(Cc1ccc(C)cc1C)NC(=O)OCc1ccccc1. The summed E-state index contributed by atoms with van der Waals surface area (Å²) in [7, 11) is 1.30. The lowest BCUT2D eigenvalue weighted by atomic mass is 9.99. The molecule has 0 aliphatic rings. The number of methoxy groups -OCH3 is 1. The fourth-order valence-corrected chi connectivity index (χ4v) is 2.54. The third-order valence-electron chi connectivity index (χ3n) is 3.91. The van der Waals surface area contributed by atoms with Crippen molar-refractivity contribution in [2.45, 2.75) is 32.9 Å². The van der Waals surface area contributed by atoms with Crippen LogP contribution in [0.3, 0.4) is 0 Å². The standard InChI is InChI=1S/C20H23NO4/c1-14-9-10-17(15(2)11-14)12-18(19(22)24-3)21-20(23)25-13-16-7-5-4-6-8-16/h4-11,18H,12-13H2,1-3H3,(H,21,23). The zero-order chi connectivity index (χ0) is 18.2. The Morgan fingerprint density at radius 1 is 1.08 bits per heavy atom. The first-order valence-electron chi connectivity index (χ1n) is 8.10. The third-order valence-corrected chi connectivity index (χ3v) is 3.91. The maximum atomic E-state index is 12.0. The van der Waals surface area contributed by atoms with Gasteiger partial charge in [0.05, 0.1) is 7.11 Å². The Balaban J connectivity index is 1.99. The Labute approximate surface area is 148 Å². The Hall–Kier alpha value is -2.82. The molecule has 0 bridgehead atoms. The minimum absolute atomic E-state index is 0.143. The number of ether oxygens (including phenoxy) is 2. The molecule has 1 unspecified atom stereocenters. The summed E-state index contributed by atoms with van der Waals surface area (Å²) in [6.07, 6.45) is -0.303. The van der Waals surface area contributed by atoms with Crippen molar-refractivity contribution in [3.05, 3.63) is 70.8 Å². The summed E-state index contributed by atoms with van der Waals surface area (Å²) in [6.45, 7) is 4.13. The molecule has 0 radical (unpaired) electrons. The highest BCUT2D eigenvalue weighted by Crippen LogP contribution is 2.13. The maximum absolute atomic E-state index is 12.0. The van der Waals surface area contributed by atoms with E-state index in [9.17, 15) is 9.59 Å².